The van der Waals surface area contributed by atoms with Crippen molar-refractivity contribution in [2.75, 3.05) is 7.05 Å². The highest BCUT2D eigenvalue weighted by molar-refractivity contribution is 5.81. The molecule has 0 spiro atoms. The van der Waals surface area contributed by atoms with Gasteiger partial charge >= 0.3 is 0 Å². The van der Waals surface area contributed by atoms with E-state index in [4.69, 9.17) is 5.84 Å². The Balaban J connectivity index is 2.82. The summed E-state index contributed by atoms with van der Waals surface area (Å²) in [6.45, 7) is 4.27. The maximum Gasteiger partial charge on any atom is 0.253 e. The highest BCUT2D eigenvalue weighted by Gasteiger charge is 2.34. The first kappa shape index (κ1) is 12.5. The standard InChI is InChI=1S/C11H23N3O/c1-4-8-6-7-9(13-3)11(15)14(12)10(8)5-2/h8-10,13H,4-7,12H2,1-3H3. The molecular formula is C11H23N3O. The van der Waals surface area contributed by atoms with E-state index in [-0.39, 0.29) is 18.0 Å². The van der Waals surface area contributed by atoms with Gasteiger partial charge in [-0.25, -0.2) is 5.84 Å². The lowest BCUT2D eigenvalue weighted by molar-refractivity contribution is -0.136. The Labute approximate surface area is 92.2 Å². The van der Waals surface area contributed by atoms with E-state index in [2.05, 4.69) is 19.2 Å². The summed E-state index contributed by atoms with van der Waals surface area (Å²) < 4.78 is 0. The second kappa shape index (κ2) is 5.47. The van der Waals surface area contributed by atoms with E-state index in [1.165, 1.54) is 5.01 Å². The summed E-state index contributed by atoms with van der Waals surface area (Å²) in [5.74, 6) is 6.49. The van der Waals surface area contributed by atoms with Gasteiger partial charge in [-0.05, 0) is 32.2 Å². The molecule has 1 aliphatic heterocycles. The number of rotatable bonds is 3. The molecule has 1 heterocycles. The molecule has 0 bridgehead atoms. The summed E-state index contributed by atoms with van der Waals surface area (Å²) in [4.78, 5) is 11.9. The van der Waals surface area contributed by atoms with E-state index < -0.39 is 0 Å². The van der Waals surface area contributed by atoms with Crippen molar-refractivity contribution in [2.24, 2.45) is 11.8 Å². The van der Waals surface area contributed by atoms with Crippen LogP contribution in [0.15, 0.2) is 0 Å². The van der Waals surface area contributed by atoms with Crippen LogP contribution in [0.5, 0.6) is 0 Å². The van der Waals surface area contributed by atoms with Crippen molar-refractivity contribution in [3.63, 3.8) is 0 Å². The van der Waals surface area contributed by atoms with Crippen molar-refractivity contribution in [2.45, 2.75) is 51.6 Å². The first-order valence-corrected chi connectivity index (χ1v) is 5.90. The molecule has 0 aromatic rings. The molecule has 88 valence electrons. The SMILES string of the molecule is CCC1CCC(NC)C(=O)N(N)C1CC. The summed E-state index contributed by atoms with van der Waals surface area (Å²) in [6.07, 6.45) is 4.02. The van der Waals surface area contributed by atoms with Crippen molar-refractivity contribution >= 4 is 5.91 Å². The summed E-state index contributed by atoms with van der Waals surface area (Å²) >= 11 is 0. The lowest BCUT2D eigenvalue weighted by atomic mass is 9.91. The lowest BCUT2D eigenvalue weighted by Gasteiger charge is -2.30. The fourth-order valence-electron chi connectivity index (χ4n) is 2.54. The molecule has 1 amide bonds. The van der Waals surface area contributed by atoms with Gasteiger partial charge in [-0.1, -0.05) is 20.3 Å². The summed E-state index contributed by atoms with van der Waals surface area (Å²) in [5.41, 5.74) is 0. The van der Waals surface area contributed by atoms with Gasteiger partial charge in [0.05, 0.1) is 12.1 Å². The number of hydrazine groups is 1. The van der Waals surface area contributed by atoms with E-state index in [9.17, 15) is 4.79 Å². The second-order valence-electron chi connectivity index (χ2n) is 4.31. The van der Waals surface area contributed by atoms with Gasteiger partial charge < -0.3 is 5.32 Å². The largest absolute Gasteiger partial charge is 0.309 e. The molecule has 0 aromatic heterocycles. The van der Waals surface area contributed by atoms with Gasteiger partial charge in [0.2, 0.25) is 0 Å². The highest BCUT2D eigenvalue weighted by atomic mass is 16.2. The number of carbonyl (C=O) groups is 1. The van der Waals surface area contributed by atoms with Crippen molar-refractivity contribution in [3.8, 4) is 0 Å². The topological polar surface area (TPSA) is 58.4 Å². The van der Waals surface area contributed by atoms with Gasteiger partial charge in [0, 0.05) is 0 Å². The van der Waals surface area contributed by atoms with Crippen LogP contribution in [-0.4, -0.2) is 30.0 Å². The molecule has 3 N–H and O–H groups in total. The van der Waals surface area contributed by atoms with Crippen LogP contribution < -0.4 is 11.2 Å². The molecule has 4 nitrogen and oxygen atoms in total. The van der Waals surface area contributed by atoms with E-state index >= 15 is 0 Å². The number of hydrogen-bond donors (Lipinski definition) is 2. The van der Waals surface area contributed by atoms with Crippen LogP contribution in [0.25, 0.3) is 0 Å². The minimum atomic E-state index is -0.0967. The van der Waals surface area contributed by atoms with Crippen LogP contribution in [-0.2, 0) is 4.79 Å². The average Bonchev–Trinajstić information content (AvgIpc) is 2.37. The lowest BCUT2D eigenvalue weighted by Crippen LogP contribution is -2.52. The minimum absolute atomic E-state index is 0.0419. The number of hydrogen-bond acceptors (Lipinski definition) is 3. The maximum absolute atomic E-state index is 11.9. The van der Waals surface area contributed by atoms with Gasteiger partial charge in [0.25, 0.3) is 5.91 Å². The van der Waals surface area contributed by atoms with Crippen LogP contribution in [0.3, 0.4) is 0 Å². The minimum Gasteiger partial charge on any atom is -0.309 e. The zero-order valence-electron chi connectivity index (χ0n) is 9.99. The number of nitrogens with one attached hydrogen (secondary N) is 1. The van der Waals surface area contributed by atoms with E-state index in [1.54, 1.807) is 0 Å². The molecule has 15 heavy (non-hydrogen) atoms. The van der Waals surface area contributed by atoms with Gasteiger partial charge in [-0.3, -0.25) is 9.80 Å². The van der Waals surface area contributed by atoms with E-state index in [0.29, 0.717) is 5.92 Å². The number of nitrogens with zero attached hydrogens (tertiary/aromatic N) is 1. The summed E-state index contributed by atoms with van der Waals surface area (Å²) in [7, 11) is 1.82. The predicted molar refractivity (Wildman–Crippen MR) is 61.0 cm³/mol. The third-order valence-electron chi connectivity index (χ3n) is 3.57. The molecule has 0 saturated carbocycles. The van der Waals surface area contributed by atoms with Gasteiger partial charge in [0.1, 0.15) is 0 Å². The maximum atomic E-state index is 11.9. The van der Waals surface area contributed by atoms with Gasteiger partial charge in [0.15, 0.2) is 0 Å². The molecule has 1 saturated heterocycles. The second-order valence-corrected chi connectivity index (χ2v) is 4.31. The fraction of sp³-hybridized carbons (Fsp3) is 0.909. The van der Waals surface area contributed by atoms with E-state index in [1.807, 2.05) is 7.05 Å². The zero-order valence-corrected chi connectivity index (χ0v) is 9.99. The molecule has 1 rings (SSSR count). The molecular weight excluding hydrogens is 190 g/mol. The molecule has 0 aliphatic carbocycles. The van der Waals surface area contributed by atoms with Crippen LogP contribution in [0, 0.1) is 5.92 Å². The first-order valence-electron chi connectivity index (χ1n) is 5.90. The zero-order chi connectivity index (χ0) is 11.4. The normalized spacial score (nSPS) is 32.9. The predicted octanol–water partition coefficient (Wildman–Crippen LogP) is 0.875. The Morgan fingerprint density at radius 3 is 2.53 bits per heavy atom. The Morgan fingerprint density at radius 2 is 2.07 bits per heavy atom. The highest BCUT2D eigenvalue weighted by Crippen LogP contribution is 2.26. The number of carbonyl (C=O) groups excluding carboxylic acids is 1. The van der Waals surface area contributed by atoms with Gasteiger partial charge in [-0.2, -0.15) is 0 Å². The van der Waals surface area contributed by atoms with Crippen LogP contribution in [0.1, 0.15) is 39.5 Å². The molecule has 3 unspecified atom stereocenters. The van der Waals surface area contributed by atoms with Crippen LogP contribution in [0.4, 0.5) is 0 Å². The fourth-order valence-corrected chi connectivity index (χ4v) is 2.54. The van der Waals surface area contributed by atoms with Crippen molar-refractivity contribution in [3.05, 3.63) is 0 Å². The third kappa shape index (κ3) is 2.49. The Hall–Kier alpha value is -0.610. The molecule has 1 fully saturated rings. The van der Waals surface area contributed by atoms with Crippen molar-refractivity contribution in [1.29, 1.82) is 0 Å². The molecule has 4 heteroatoms. The molecule has 3 atom stereocenters. The average molecular weight is 213 g/mol. The molecule has 1 aliphatic rings. The third-order valence-corrected chi connectivity index (χ3v) is 3.57. The quantitative estimate of drug-likeness (QED) is 0.540. The Kier molecular flexibility index (Phi) is 4.54. The number of likely N-dealkylation sites (N-methyl/N-ethyl adjacent to an activating group) is 1. The first-order chi connectivity index (χ1) is 7.15. The molecule has 0 aromatic carbocycles. The number of amides is 1. The smallest absolute Gasteiger partial charge is 0.253 e. The van der Waals surface area contributed by atoms with Crippen molar-refractivity contribution in [1.82, 2.24) is 10.3 Å². The summed E-state index contributed by atoms with van der Waals surface area (Å²) in [5, 5.41) is 4.50. The summed E-state index contributed by atoms with van der Waals surface area (Å²) in [6, 6.07) is 0.112. The Bertz CT molecular complexity index is 220. The van der Waals surface area contributed by atoms with Crippen LogP contribution >= 0.6 is 0 Å². The Morgan fingerprint density at radius 1 is 1.40 bits per heavy atom. The van der Waals surface area contributed by atoms with Gasteiger partial charge in [-0.15, -0.1) is 0 Å². The molecule has 0 radical (unpaired) electrons. The van der Waals surface area contributed by atoms with Crippen LogP contribution in [0.2, 0.25) is 0 Å². The number of nitrogens with two attached hydrogens (primary N) is 1. The van der Waals surface area contributed by atoms with Crippen molar-refractivity contribution < 1.29 is 4.79 Å². The monoisotopic (exact) mass is 213 g/mol. The van der Waals surface area contributed by atoms with E-state index in [0.717, 1.165) is 25.7 Å².